The highest BCUT2D eigenvalue weighted by molar-refractivity contribution is 7.80. The maximum Gasteiger partial charge on any atom is 0.196 e. The smallest absolute Gasteiger partial charge is 0.196 e. The van der Waals surface area contributed by atoms with Gasteiger partial charge in [0.05, 0.1) is 6.61 Å². The average molecular weight is 314 g/mol. The van der Waals surface area contributed by atoms with Crippen LogP contribution in [0.25, 0.3) is 0 Å². The van der Waals surface area contributed by atoms with Gasteiger partial charge < -0.3 is 35.8 Å². The Kier molecular flexibility index (Phi) is 6.33. The molecular weight excluding hydrogens is 298 g/mol. The van der Waals surface area contributed by atoms with Crippen LogP contribution in [-0.2, 0) is 9.47 Å². The molecule has 0 aliphatic carbocycles. The number of aliphatic hydroxyl groups excluding tert-OH is 3. The Morgan fingerprint density at radius 2 is 2.16 bits per heavy atom. The Balaban J connectivity index is 2.79. The van der Waals surface area contributed by atoms with E-state index in [9.17, 15) is 10.2 Å². The number of methoxy groups -OCH3 is 1. The number of rotatable bonds is 3. The van der Waals surface area contributed by atoms with E-state index in [1.165, 1.54) is 7.11 Å². The summed E-state index contributed by atoms with van der Waals surface area (Å²) in [5, 5.41) is 31.0. The molecule has 6 N–H and O–H groups in total. The number of ether oxygens (including phenoxy) is 2. The first kappa shape index (κ1) is 16.5. The number of hydrogen-bond donors (Lipinski definition) is 5. The largest absolute Gasteiger partial charge is 0.394 e. The van der Waals surface area contributed by atoms with Gasteiger partial charge in [-0.2, -0.15) is 4.99 Å². The van der Waals surface area contributed by atoms with Gasteiger partial charge in [0.1, 0.15) is 24.4 Å². The predicted molar refractivity (Wildman–Crippen MR) is 71.8 cm³/mol. The van der Waals surface area contributed by atoms with Gasteiger partial charge in [-0.1, -0.05) is 0 Å². The summed E-state index contributed by atoms with van der Waals surface area (Å²) in [5.74, 6) is 0. The lowest BCUT2D eigenvalue weighted by Gasteiger charge is -2.41. The molecule has 1 fully saturated rings. The lowest BCUT2D eigenvalue weighted by Crippen LogP contribution is -2.64. The van der Waals surface area contributed by atoms with Crippen molar-refractivity contribution in [3.05, 3.63) is 0 Å². The zero-order valence-corrected chi connectivity index (χ0v) is 11.6. The highest BCUT2D eigenvalue weighted by Gasteiger charge is 2.44. The van der Waals surface area contributed by atoms with E-state index in [4.69, 9.17) is 44.1 Å². The van der Waals surface area contributed by atoms with Crippen LogP contribution >= 0.6 is 23.8 Å². The molecule has 0 bridgehead atoms. The van der Waals surface area contributed by atoms with Crippen molar-refractivity contribution in [3.63, 3.8) is 0 Å². The van der Waals surface area contributed by atoms with Crippen LogP contribution in [0, 0.1) is 0 Å². The molecule has 0 spiro atoms. The summed E-state index contributed by atoms with van der Waals surface area (Å²) in [4.78, 5) is 3.57. The molecule has 0 aromatic rings. The normalized spacial score (nSPS) is 36.1. The molecule has 0 aromatic carbocycles. The van der Waals surface area contributed by atoms with Crippen LogP contribution in [0.5, 0.6) is 0 Å². The van der Waals surface area contributed by atoms with Crippen LogP contribution in [0.15, 0.2) is 4.99 Å². The standard InChI is InChI=1S/C9H16ClN3O5S/c1-17-7-4(12-9(19)13-8(10)11)6(16)5(15)3(2-14)18-7/h3-7,14-16H,2H2,1H3,(H3,11,12,13,19)/t3-,4-,5+,6-,7-/m1/s1. The molecule has 0 amide bonds. The molecule has 1 aliphatic rings. The topological polar surface area (TPSA) is 130 Å². The molecule has 0 aromatic heterocycles. The molecule has 0 saturated carbocycles. The first-order valence-electron chi connectivity index (χ1n) is 5.36. The van der Waals surface area contributed by atoms with Gasteiger partial charge in [-0.05, 0) is 23.8 Å². The van der Waals surface area contributed by atoms with Crippen LogP contribution in [0.4, 0.5) is 0 Å². The fraction of sp³-hybridized carbons (Fsp3) is 0.778. The lowest BCUT2D eigenvalue weighted by atomic mass is 9.97. The number of nitrogens with two attached hydrogens (primary N) is 1. The summed E-state index contributed by atoms with van der Waals surface area (Å²) < 4.78 is 10.3. The number of amidine groups is 1. The molecule has 110 valence electrons. The molecule has 1 aliphatic heterocycles. The molecule has 1 saturated heterocycles. The first-order valence-corrected chi connectivity index (χ1v) is 6.14. The number of nitrogens with zero attached hydrogens (tertiary/aromatic N) is 1. The van der Waals surface area contributed by atoms with Crippen molar-refractivity contribution in [2.45, 2.75) is 30.6 Å². The fourth-order valence-corrected chi connectivity index (χ4v) is 2.08. The molecule has 1 rings (SSSR count). The minimum absolute atomic E-state index is 0.0863. The monoisotopic (exact) mass is 313 g/mol. The second-order valence-corrected chi connectivity index (χ2v) is 4.63. The van der Waals surface area contributed by atoms with Gasteiger partial charge >= 0.3 is 0 Å². The number of nitrogens with one attached hydrogen (secondary N) is 1. The average Bonchev–Trinajstić information content (AvgIpc) is 2.34. The Morgan fingerprint density at radius 3 is 2.63 bits per heavy atom. The van der Waals surface area contributed by atoms with E-state index >= 15 is 0 Å². The van der Waals surface area contributed by atoms with Gasteiger partial charge in [0.25, 0.3) is 0 Å². The van der Waals surface area contributed by atoms with Crippen LogP contribution in [0.1, 0.15) is 0 Å². The first-order chi connectivity index (χ1) is 8.90. The highest BCUT2D eigenvalue weighted by Crippen LogP contribution is 2.21. The third-order valence-electron chi connectivity index (χ3n) is 2.61. The number of hydrogen-bond acceptors (Lipinski definition) is 6. The van der Waals surface area contributed by atoms with Gasteiger partial charge in [-0.25, -0.2) is 0 Å². The molecule has 0 unspecified atom stereocenters. The molecule has 8 nitrogen and oxygen atoms in total. The molecule has 10 heteroatoms. The summed E-state index contributed by atoms with van der Waals surface area (Å²) in [5.41, 5.74) is 5.15. The second-order valence-electron chi connectivity index (χ2n) is 3.85. The number of halogens is 1. The minimum atomic E-state index is -1.30. The fourth-order valence-electron chi connectivity index (χ4n) is 1.71. The van der Waals surface area contributed by atoms with Crippen LogP contribution in [-0.4, -0.2) is 70.1 Å². The van der Waals surface area contributed by atoms with Crippen molar-refractivity contribution in [2.24, 2.45) is 10.7 Å². The zero-order valence-electron chi connectivity index (χ0n) is 10.1. The Morgan fingerprint density at radius 1 is 1.53 bits per heavy atom. The highest BCUT2D eigenvalue weighted by atomic mass is 35.5. The number of aliphatic imine (C=N–C) groups is 1. The van der Waals surface area contributed by atoms with Crippen LogP contribution in [0.3, 0.4) is 0 Å². The SMILES string of the molecule is CO[C@@H]1O[C@H](CO)[C@H](O)[C@H](O)[C@H]1NC(=S)/N=C(\N)Cl. The van der Waals surface area contributed by atoms with Crippen molar-refractivity contribution >= 4 is 34.2 Å². The third kappa shape index (κ3) is 4.21. The summed E-state index contributed by atoms with van der Waals surface area (Å²) in [7, 11) is 1.35. The number of thiocarbonyl (C=S) groups is 1. The second kappa shape index (κ2) is 7.29. The van der Waals surface area contributed by atoms with Gasteiger partial charge in [-0.3, -0.25) is 0 Å². The third-order valence-corrected chi connectivity index (χ3v) is 2.91. The summed E-state index contributed by atoms with van der Waals surface area (Å²) >= 11 is 10.2. The van der Waals surface area contributed by atoms with Crippen molar-refractivity contribution in [1.29, 1.82) is 0 Å². The Labute approximate surface area is 120 Å². The van der Waals surface area contributed by atoms with Gasteiger partial charge in [-0.15, -0.1) is 0 Å². The molecule has 0 radical (unpaired) electrons. The van der Waals surface area contributed by atoms with E-state index in [0.29, 0.717) is 0 Å². The van der Waals surface area contributed by atoms with Crippen LogP contribution < -0.4 is 11.1 Å². The predicted octanol–water partition coefficient (Wildman–Crippen LogP) is -2.13. The summed E-state index contributed by atoms with van der Waals surface area (Å²) in [6, 6.07) is -0.880. The quantitative estimate of drug-likeness (QED) is 0.173. The van der Waals surface area contributed by atoms with Crippen LogP contribution in [0.2, 0.25) is 0 Å². The van der Waals surface area contributed by atoms with E-state index in [-0.39, 0.29) is 10.4 Å². The molecule has 5 atom stereocenters. The summed E-state index contributed by atoms with van der Waals surface area (Å²) in [6.07, 6.45) is -4.46. The van der Waals surface area contributed by atoms with Crippen molar-refractivity contribution in [3.8, 4) is 0 Å². The Hall–Kier alpha value is -0.550. The van der Waals surface area contributed by atoms with E-state index < -0.39 is 37.3 Å². The van der Waals surface area contributed by atoms with E-state index in [0.717, 1.165) is 0 Å². The summed E-state index contributed by atoms with van der Waals surface area (Å²) in [6.45, 7) is -0.456. The maximum absolute atomic E-state index is 9.97. The lowest BCUT2D eigenvalue weighted by molar-refractivity contribution is -0.260. The molecule has 1 heterocycles. The van der Waals surface area contributed by atoms with E-state index in [1.807, 2.05) is 0 Å². The zero-order chi connectivity index (χ0) is 14.6. The van der Waals surface area contributed by atoms with E-state index in [1.54, 1.807) is 0 Å². The van der Waals surface area contributed by atoms with Gasteiger partial charge in [0.2, 0.25) is 0 Å². The molecular formula is C9H16ClN3O5S. The van der Waals surface area contributed by atoms with Crippen molar-refractivity contribution < 1.29 is 24.8 Å². The van der Waals surface area contributed by atoms with Crippen molar-refractivity contribution in [2.75, 3.05) is 13.7 Å². The maximum atomic E-state index is 9.97. The number of aliphatic hydroxyl groups is 3. The van der Waals surface area contributed by atoms with Gasteiger partial charge in [0, 0.05) is 7.11 Å². The minimum Gasteiger partial charge on any atom is -0.394 e. The molecule has 19 heavy (non-hydrogen) atoms. The van der Waals surface area contributed by atoms with Gasteiger partial charge in [0.15, 0.2) is 16.7 Å². The van der Waals surface area contributed by atoms with E-state index in [2.05, 4.69) is 10.3 Å². The Bertz CT molecular complexity index is 353. The van der Waals surface area contributed by atoms with Crippen molar-refractivity contribution in [1.82, 2.24) is 5.32 Å².